The monoisotopic (exact) mass is 310 g/mol. The number of carbonyl (C=O) groups is 1. The summed E-state index contributed by atoms with van der Waals surface area (Å²) in [6, 6.07) is 5.86. The number of halogens is 1. The average Bonchev–Trinajstić information content (AvgIpc) is 2.60. The second kappa shape index (κ2) is 5.39. The first-order valence-electron chi connectivity index (χ1n) is 5.77. The van der Waals surface area contributed by atoms with Crippen molar-refractivity contribution in [3.63, 3.8) is 0 Å². The summed E-state index contributed by atoms with van der Waals surface area (Å²) in [4.78, 5) is 15.0. The molecule has 2 aromatic rings. The van der Waals surface area contributed by atoms with Crippen molar-refractivity contribution in [1.82, 2.24) is 9.55 Å². The molecule has 2 rings (SSSR count). The van der Waals surface area contributed by atoms with Crippen LogP contribution in [0.25, 0.3) is 11.0 Å². The molecule has 1 aromatic heterocycles. The van der Waals surface area contributed by atoms with Crippen molar-refractivity contribution < 1.29 is 4.79 Å². The van der Waals surface area contributed by atoms with Gasteiger partial charge in [-0.25, -0.2) is 4.98 Å². The Bertz CT molecular complexity index is 579. The van der Waals surface area contributed by atoms with Gasteiger partial charge in [-0.3, -0.25) is 4.79 Å². The van der Waals surface area contributed by atoms with Gasteiger partial charge in [-0.1, -0.05) is 15.9 Å². The van der Waals surface area contributed by atoms with E-state index in [1.165, 1.54) is 0 Å². The second-order valence-corrected chi connectivity index (χ2v) is 5.09. The van der Waals surface area contributed by atoms with Crippen LogP contribution in [0, 0.1) is 0 Å². The summed E-state index contributed by atoms with van der Waals surface area (Å²) in [7, 11) is 0. The van der Waals surface area contributed by atoms with Crippen molar-refractivity contribution in [2.24, 2.45) is 5.73 Å². The second-order valence-electron chi connectivity index (χ2n) is 4.18. The molecule has 0 unspecified atom stereocenters. The van der Waals surface area contributed by atoms with E-state index >= 15 is 0 Å². The molecule has 96 valence electrons. The van der Waals surface area contributed by atoms with Crippen LogP contribution in [0.3, 0.4) is 0 Å². The number of nitrogens with zero attached hydrogens (tertiary/aromatic N) is 2. The maximum Gasteiger partial charge on any atom is 0.217 e. The Morgan fingerprint density at radius 3 is 2.89 bits per heavy atom. The van der Waals surface area contributed by atoms with E-state index in [2.05, 4.69) is 20.9 Å². The number of primary amides is 1. The van der Waals surface area contributed by atoms with Crippen molar-refractivity contribution in [2.75, 3.05) is 5.73 Å². The molecule has 6 heteroatoms. The van der Waals surface area contributed by atoms with Gasteiger partial charge in [-0.05, 0) is 31.0 Å². The van der Waals surface area contributed by atoms with Gasteiger partial charge >= 0.3 is 0 Å². The largest absolute Gasteiger partial charge is 0.370 e. The van der Waals surface area contributed by atoms with Crippen LogP contribution in [-0.2, 0) is 11.3 Å². The number of aromatic nitrogens is 2. The highest BCUT2D eigenvalue weighted by molar-refractivity contribution is 9.10. The molecular formula is C12H15BrN4O. The smallest absolute Gasteiger partial charge is 0.217 e. The Morgan fingerprint density at radius 2 is 2.17 bits per heavy atom. The predicted octanol–water partition coefficient (Wildman–Crippen LogP) is 2.04. The SMILES string of the molecule is NC(=O)CCCCn1c(N)nc2ccc(Br)cc21. The number of nitrogens with two attached hydrogens (primary N) is 2. The summed E-state index contributed by atoms with van der Waals surface area (Å²) in [5.41, 5.74) is 12.9. The number of hydrogen-bond acceptors (Lipinski definition) is 3. The van der Waals surface area contributed by atoms with Crippen LogP contribution in [0.15, 0.2) is 22.7 Å². The summed E-state index contributed by atoms with van der Waals surface area (Å²) in [6.07, 6.45) is 2.03. The van der Waals surface area contributed by atoms with Crippen LogP contribution in [0.4, 0.5) is 5.95 Å². The molecular weight excluding hydrogens is 296 g/mol. The van der Waals surface area contributed by atoms with Gasteiger partial charge in [-0.2, -0.15) is 0 Å². The Morgan fingerprint density at radius 1 is 1.39 bits per heavy atom. The standard InChI is InChI=1S/C12H15BrN4O/c13-8-4-5-9-10(7-8)17(12(15)16-9)6-2-1-3-11(14)18/h4-5,7H,1-3,6H2,(H2,14,18)(H2,15,16). The molecule has 0 fully saturated rings. The van der Waals surface area contributed by atoms with Gasteiger partial charge in [0, 0.05) is 17.4 Å². The van der Waals surface area contributed by atoms with Gasteiger partial charge in [0.05, 0.1) is 11.0 Å². The molecule has 1 aromatic carbocycles. The van der Waals surface area contributed by atoms with Crippen LogP contribution in [-0.4, -0.2) is 15.5 Å². The zero-order chi connectivity index (χ0) is 13.1. The van der Waals surface area contributed by atoms with Crippen molar-refractivity contribution in [2.45, 2.75) is 25.8 Å². The lowest BCUT2D eigenvalue weighted by Gasteiger charge is -2.05. The molecule has 0 atom stereocenters. The Labute approximate surface area is 113 Å². The Balaban J connectivity index is 2.14. The number of amides is 1. The lowest BCUT2D eigenvalue weighted by atomic mass is 10.2. The van der Waals surface area contributed by atoms with E-state index in [0.717, 1.165) is 34.9 Å². The van der Waals surface area contributed by atoms with Gasteiger partial charge in [0.15, 0.2) is 0 Å². The maximum absolute atomic E-state index is 10.7. The highest BCUT2D eigenvalue weighted by Crippen LogP contribution is 2.22. The van der Waals surface area contributed by atoms with E-state index in [0.29, 0.717) is 12.4 Å². The van der Waals surface area contributed by atoms with Gasteiger partial charge < -0.3 is 16.0 Å². The number of anilines is 1. The van der Waals surface area contributed by atoms with Gasteiger partial charge in [-0.15, -0.1) is 0 Å². The molecule has 5 nitrogen and oxygen atoms in total. The molecule has 1 heterocycles. The summed E-state index contributed by atoms with van der Waals surface area (Å²) in [5, 5.41) is 0. The van der Waals surface area contributed by atoms with Crippen LogP contribution in [0.5, 0.6) is 0 Å². The molecule has 0 aliphatic carbocycles. The zero-order valence-electron chi connectivity index (χ0n) is 9.90. The minimum Gasteiger partial charge on any atom is -0.370 e. The van der Waals surface area contributed by atoms with E-state index in [4.69, 9.17) is 11.5 Å². The molecule has 1 amide bonds. The van der Waals surface area contributed by atoms with Gasteiger partial charge in [0.1, 0.15) is 0 Å². The lowest BCUT2D eigenvalue weighted by Crippen LogP contribution is -2.10. The fraction of sp³-hybridized carbons (Fsp3) is 0.333. The fourth-order valence-electron chi connectivity index (χ4n) is 1.92. The predicted molar refractivity (Wildman–Crippen MR) is 74.9 cm³/mol. The average molecular weight is 311 g/mol. The van der Waals surface area contributed by atoms with E-state index in [1.807, 2.05) is 22.8 Å². The molecule has 0 spiro atoms. The quantitative estimate of drug-likeness (QED) is 0.828. The minimum atomic E-state index is -0.263. The fourth-order valence-corrected chi connectivity index (χ4v) is 2.27. The van der Waals surface area contributed by atoms with Gasteiger partial charge in [0.25, 0.3) is 0 Å². The van der Waals surface area contributed by atoms with E-state index < -0.39 is 0 Å². The van der Waals surface area contributed by atoms with Crippen molar-refractivity contribution in [1.29, 1.82) is 0 Å². The lowest BCUT2D eigenvalue weighted by molar-refractivity contribution is -0.118. The number of nitrogen functional groups attached to an aromatic ring is 1. The van der Waals surface area contributed by atoms with Crippen molar-refractivity contribution >= 4 is 38.8 Å². The topological polar surface area (TPSA) is 86.9 Å². The third-order valence-electron chi connectivity index (χ3n) is 2.79. The molecule has 0 saturated heterocycles. The third-order valence-corrected chi connectivity index (χ3v) is 3.29. The number of hydrogen-bond donors (Lipinski definition) is 2. The van der Waals surface area contributed by atoms with Crippen LogP contribution in [0.1, 0.15) is 19.3 Å². The molecule has 0 bridgehead atoms. The van der Waals surface area contributed by atoms with Crippen molar-refractivity contribution in [3.05, 3.63) is 22.7 Å². The number of rotatable bonds is 5. The highest BCUT2D eigenvalue weighted by Gasteiger charge is 2.08. The zero-order valence-corrected chi connectivity index (χ0v) is 11.5. The number of carbonyl (C=O) groups excluding carboxylic acids is 1. The first-order valence-corrected chi connectivity index (χ1v) is 6.57. The first kappa shape index (κ1) is 12.9. The first-order chi connectivity index (χ1) is 8.58. The van der Waals surface area contributed by atoms with E-state index in [9.17, 15) is 4.79 Å². The molecule has 0 radical (unpaired) electrons. The summed E-state index contributed by atoms with van der Waals surface area (Å²) in [6.45, 7) is 0.742. The highest BCUT2D eigenvalue weighted by atomic mass is 79.9. The van der Waals surface area contributed by atoms with Crippen LogP contribution in [0.2, 0.25) is 0 Å². The Hall–Kier alpha value is -1.56. The number of unbranched alkanes of at least 4 members (excludes halogenated alkanes) is 1. The van der Waals surface area contributed by atoms with Gasteiger partial charge in [0.2, 0.25) is 11.9 Å². The molecule has 18 heavy (non-hydrogen) atoms. The normalized spacial score (nSPS) is 10.9. The third kappa shape index (κ3) is 2.81. The summed E-state index contributed by atoms with van der Waals surface area (Å²) in [5.74, 6) is 0.239. The minimum absolute atomic E-state index is 0.263. The molecule has 0 aliphatic heterocycles. The number of fused-ring (bicyclic) bond motifs is 1. The van der Waals surface area contributed by atoms with Crippen molar-refractivity contribution in [3.8, 4) is 0 Å². The van der Waals surface area contributed by atoms with Crippen LogP contribution >= 0.6 is 15.9 Å². The van der Waals surface area contributed by atoms with E-state index in [1.54, 1.807) is 0 Å². The number of benzene rings is 1. The molecule has 0 saturated carbocycles. The van der Waals surface area contributed by atoms with Crippen LogP contribution < -0.4 is 11.5 Å². The number of aryl methyl sites for hydroxylation is 1. The molecule has 0 aliphatic rings. The Kier molecular flexibility index (Phi) is 3.86. The summed E-state index contributed by atoms with van der Waals surface area (Å²) < 4.78 is 2.95. The molecule has 4 N–H and O–H groups in total. The van der Waals surface area contributed by atoms with E-state index in [-0.39, 0.29) is 5.91 Å². The summed E-state index contributed by atoms with van der Waals surface area (Å²) >= 11 is 3.43. The number of imidazole rings is 1. The maximum atomic E-state index is 10.7.